The Morgan fingerprint density at radius 1 is 1.35 bits per heavy atom. The summed E-state index contributed by atoms with van der Waals surface area (Å²) in [5, 5.41) is 3.57. The number of hydrogen-bond donors (Lipinski definition) is 1. The van der Waals surface area contributed by atoms with E-state index < -0.39 is 0 Å². The van der Waals surface area contributed by atoms with Crippen LogP contribution < -0.4 is 5.32 Å². The lowest BCUT2D eigenvalue weighted by molar-refractivity contribution is 0.403. The summed E-state index contributed by atoms with van der Waals surface area (Å²) < 4.78 is 1.60. The number of halogens is 2. The molecule has 0 spiro atoms. The molecule has 1 heterocycles. The van der Waals surface area contributed by atoms with Crippen molar-refractivity contribution in [2.75, 3.05) is 6.54 Å². The van der Waals surface area contributed by atoms with Crippen LogP contribution in [0.5, 0.6) is 0 Å². The molecule has 2 unspecified atom stereocenters. The van der Waals surface area contributed by atoms with Gasteiger partial charge in [-0.2, -0.15) is 0 Å². The fourth-order valence-electron chi connectivity index (χ4n) is 1.80. The van der Waals surface area contributed by atoms with E-state index in [0.717, 1.165) is 33.6 Å². The molecule has 2 atom stereocenters. The van der Waals surface area contributed by atoms with Crippen LogP contribution in [0.2, 0.25) is 8.67 Å². The Hall–Kier alpha value is 0.240. The lowest BCUT2D eigenvalue weighted by Gasteiger charge is -2.21. The van der Waals surface area contributed by atoms with Crippen LogP contribution in [0.1, 0.15) is 51.6 Å². The van der Waals surface area contributed by atoms with Crippen molar-refractivity contribution in [3.63, 3.8) is 0 Å². The van der Waals surface area contributed by atoms with Crippen LogP contribution in [0.15, 0.2) is 6.07 Å². The van der Waals surface area contributed by atoms with Crippen molar-refractivity contribution < 1.29 is 0 Å². The molecule has 0 aliphatic carbocycles. The minimum absolute atomic E-state index is 0.334. The maximum absolute atomic E-state index is 6.24. The summed E-state index contributed by atoms with van der Waals surface area (Å²) in [7, 11) is 0. The number of nitrogens with one attached hydrogen (secondary N) is 1. The Balaban J connectivity index is 2.77. The van der Waals surface area contributed by atoms with E-state index in [-0.39, 0.29) is 0 Å². The Labute approximate surface area is 119 Å². The Morgan fingerprint density at radius 2 is 2.06 bits per heavy atom. The molecule has 4 heteroatoms. The zero-order valence-corrected chi connectivity index (χ0v) is 13.1. The zero-order valence-electron chi connectivity index (χ0n) is 10.7. The standard InChI is InChI=1S/C13H21Cl2NS/c1-4-6-16-11(7-9(3)5-2)10-8-12(14)17-13(10)15/h8-9,11,16H,4-7H2,1-3H3. The summed E-state index contributed by atoms with van der Waals surface area (Å²) >= 11 is 13.7. The Kier molecular flexibility index (Phi) is 6.86. The molecule has 1 aromatic rings. The smallest absolute Gasteiger partial charge is 0.0991 e. The van der Waals surface area contributed by atoms with Crippen LogP contribution in [-0.2, 0) is 0 Å². The normalized spacial score (nSPS) is 14.9. The summed E-state index contributed by atoms with van der Waals surface area (Å²) in [5.74, 6) is 0.694. The van der Waals surface area contributed by atoms with Gasteiger partial charge in [-0.1, -0.05) is 50.4 Å². The van der Waals surface area contributed by atoms with E-state index in [1.54, 1.807) is 0 Å². The van der Waals surface area contributed by atoms with Gasteiger partial charge in [0.2, 0.25) is 0 Å². The first-order valence-electron chi connectivity index (χ1n) is 6.26. The van der Waals surface area contributed by atoms with Gasteiger partial charge in [0.15, 0.2) is 0 Å². The van der Waals surface area contributed by atoms with Crippen LogP contribution >= 0.6 is 34.5 Å². The molecule has 0 saturated carbocycles. The van der Waals surface area contributed by atoms with Gasteiger partial charge in [-0.05, 0) is 31.4 Å². The average Bonchev–Trinajstić information content (AvgIpc) is 2.63. The zero-order chi connectivity index (χ0) is 12.8. The second kappa shape index (κ2) is 7.63. The number of rotatable bonds is 7. The summed E-state index contributed by atoms with van der Waals surface area (Å²) in [6, 6.07) is 2.34. The van der Waals surface area contributed by atoms with Crippen molar-refractivity contribution in [2.45, 2.75) is 46.1 Å². The topological polar surface area (TPSA) is 12.0 Å². The van der Waals surface area contributed by atoms with Gasteiger partial charge in [0, 0.05) is 11.6 Å². The molecule has 0 fully saturated rings. The highest BCUT2D eigenvalue weighted by molar-refractivity contribution is 7.20. The lowest BCUT2D eigenvalue weighted by Crippen LogP contribution is -2.23. The van der Waals surface area contributed by atoms with Gasteiger partial charge < -0.3 is 5.32 Å². The second-order valence-electron chi connectivity index (χ2n) is 4.54. The number of thiophene rings is 1. The van der Waals surface area contributed by atoms with E-state index in [0.29, 0.717) is 12.0 Å². The second-order valence-corrected chi connectivity index (χ2v) is 6.82. The van der Waals surface area contributed by atoms with E-state index in [1.807, 2.05) is 6.07 Å². The third-order valence-electron chi connectivity index (χ3n) is 3.03. The van der Waals surface area contributed by atoms with Crippen LogP contribution in [0.3, 0.4) is 0 Å². The van der Waals surface area contributed by atoms with Gasteiger partial charge in [0.25, 0.3) is 0 Å². The minimum Gasteiger partial charge on any atom is -0.310 e. The largest absolute Gasteiger partial charge is 0.310 e. The first-order valence-corrected chi connectivity index (χ1v) is 7.83. The van der Waals surface area contributed by atoms with Crippen molar-refractivity contribution in [3.05, 3.63) is 20.3 Å². The molecule has 0 amide bonds. The molecule has 1 aromatic heterocycles. The molecule has 0 radical (unpaired) electrons. The van der Waals surface area contributed by atoms with Crippen LogP contribution in [0, 0.1) is 5.92 Å². The third-order valence-corrected chi connectivity index (χ3v) is 4.55. The van der Waals surface area contributed by atoms with Crippen molar-refractivity contribution in [1.29, 1.82) is 0 Å². The summed E-state index contributed by atoms with van der Waals surface area (Å²) in [6.07, 6.45) is 3.44. The highest BCUT2D eigenvalue weighted by Crippen LogP contribution is 2.37. The molecule has 17 heavy (non-hydrogen) atoms. The fourth-order valence-corrected chi connectivity index (χ4v) is 3.38. The van der Waals surface area contributed by atoms with E-state index >= 15 is 0 Å². The van der Waals surface area contributed by atoms with Crippen molar-refractivity contribution in [3.8, 4) is 0 Å². The first-order chi connectivity index (χ1) is 8.08. The van der Waals surface area contributed by atoms with Crippen molar-refractivity contribution in [2.24, 2.45) is 5.92 Å². The maximum atomic E-state index is 6.24. The first kappa shape index (κ1) is 15.3. The Bertz CT molecular complexity index is 338. The van der Waals surface area contributed by atoms with E-state index in [9.17, 15) is 0 Å². The van der Waals surface area contributed by atoms with Crippen molar-refractivity contribution in [1.82, 2.24) is 5.32 Å². The average molecular weight is 294 g/mol. The molecule has 0 aromatic carbocycles. The summed E-state index contributed by atoms with van der Waals surface area (Å²) in [4.78, 5) is 0. The van der Waals surface area contributed by atoms with E-state index in [2.05, 4.69) is 26.1 Å². The molecule has 0 saturated heterocycles. The quantitative estimate of drug-likeness (QED) is 0.697. The number of hydrogen-bond acceptors (Lipinski definition) is 2. The van der Waals surface area contributed by atoms with Gasteiger partial charge in [0.1, 0.15) is 0 Å². The predicted octanol–water partition coefficient (Wildman–Crippen LogP) is 5.53. The van der Waals surface area contributed by atoms with Gasteiger partial charge in [0.05, 0.1) is 8.67 Å². The van der Waals surface area contributed by atoms with Gasteiger partial charge in [-0.25, -0.2) is 0 Å². The molecule has 0 aliphatic heterocycles. The third kappa shape index (κ3) is 4.78. The lowest BCUT2D eigenvalue weighted by atomic mass is 9.95. The monoisotopic (exact) mass is 293 g/mol. The summed E-state index contributed by atoms with van der Waals surface area (Å²) in [6.45, 7) is 7.70. The van der Waals surface area contributed by atoms with Gasteiger partial charge >= 0.3 is 0 Å². The maximum Gasteiger partial charge on any atom is 0.0991 e. The van der Waals surface area contributed by atoms with Crippen LogP contribution in [0.4, 0.5) is 0 Å². The SMILES string of the molecule is CCCNC(CC(C)CC)c1cc(Cl)sc1Cl. The van der Waals surface area contributed by atoms with Crippen molar-refractivity contribution >= 4 is 34.5 Å². The van der Waals surface area contributed by atoms with E-state index in [1.165, 1.54) is 17.8 Å². The van der Waals surface area contributed by atoms with E-state index in [4.69, 9.17) is 23.2 Å². The van der Waals surface area contributed by atoms with Crippen LogP contribution in [-0.4, -0.2) is 6.54 Å². The predicted molar refractivity (Wildman–Crippen MR) is 79.4 cm³/mol. The molecule has 1 nitrogen and oxygen atoms in total. The van der Waals surface area contributed by atoms with Crippen LogP contribution in [0.25, 0.3) is 0 Å². The highest BCUT2D eigenvalue weighted by atomic mass is 35.5. The van der Waals surface area contributed by atoms with Gasteiger partial charge in [-0.3, -0.25) is 0 Å². The molecule has 0 bridgehead atoms. The molecular weight excluding hydrogens is 273 g/mol. The molecule has 98 valence electrons. The fraction of sp³-hybridized carbons (Fsp3) is 0.692. The molecular formula is C13H21Cl2NS. The van der Waals surface area contributed by atoms with Gasteiger partial charge in [-0.15, -0.1) is 11.3 Å². The molecule has 0 aliphatic rings. The Morgan fingerprint density at radius 3 is 2.53 bits per heavy atom. The highest BCUT2D eigenvalue weighted by Gasteiger charge is 2.18. The minimum atomic E-state index is 0.334. The summed E-state index contributed by atoms with van der Waals surface area (Å²) in [5.41, 5.74) is 1.16. The molecule has 1 N–H and O–H groups in total. The molecule has 1 rings (SSSR count).